The first-order valence-electron chi connectivity index (χ1n) is 23.5. The normalized spacial score (nSPS) is 58.6. The van der Waals surface area contributed by atoms with Crippen LogP contribution in [-0.2, 0) is 37.9 Å². The summed E-state index contributed by atoms with van der Waals surface area (Å²) in [6, 6.07) is 0. The van der Waals surface area contributed by atoms with Crippen molar-refractivity contribution in [2.75, 3.05) is 19.8 Å². The van der Waals surface area contributed by atoms with E-state index in [-0.39, 0.29) is 48.5 Å². The Morgan fingerprint density at radius 2 is 1.33 bits per heavy atom. The van der Waals surface area contributed by atoms with Crippen LogP contribution in [0.25, 0.3) is 0 Å². The van der Waals surface area contributed by atoms with Crippen molar-refractivity contribution in [3.05, 3.63) is 11.6 Å². The molecule has 0 radical (unpaired) electrons. The summed E-state index contributed by atoms with van der Waals surface area (Å²) in [7, 11) is 0. The van der Waals surface area contributed by atoms with Gasteiger partial charge in [-0.3, -0.25) is 0 Å². The minimum absolute atomic E-state index is 0.0238. The van der Waals surface area contributed by atoms with Crippen molar-refractivity contribution in [2.24, 2.45) is 40.4 Å². The van der Waals surface area contributed by atoms with Gasteiger partial charge in [0.2, 0.25) is 0 Å². The number of rotatable bonds is 8. The van der Waals surface area contributed by atoms with Gasteiger partial charge in [0.05, 0.1) is 49.8 Å². The summed E-state index contributed by atoms with van der Waals surface area (Å²) in [5.41, 5.74) is -0.834. The second-order valence-corrected chi connectivity index (χ2v) is 21.4. The molecule has 4 aliphatic carbocycles. The molecule has 0 aromatic heterocycles. The third kappa shape index (κ3) is 7.50. The lowest BCUT2D eigenvalue weighted by molar-refractivity contribution is -0.398. The average molecular weight is 917 g/mol. The second kappa shape index (κ2) is 17.4. The SMILES string of the molecule is C[C@@H]1CC[C@@]2(OC1)O[C@H]1C[C@H]3C4=CC[C@@]5(O)C[C@@H](O[C@@H]6O[C@H](CO)[C@@H](O)[C@H](O[C@@H]7O[C@H](CO)[C@H](O)[C@H](O)[C@H]7O)[C@H]6O[C@@H]6O[C@@H](C)[C@H](O)[C@@H](O)[C@H]6O)[C@H](O)C[C@]5(C)[C@H]4CC[C@]3(C)[C@H]1[C@@H]2C. The lowest BCUT2D eigenvalue weighted by Crippen LogP contribution is -2.68. The van der Waals surface area contributed by atoms with Crippen molar-refractivity contribution in [3.63, 3.8) is 0 Å². The van der Waals surface area contributed by atoms with Crippen LogP contribution in [-0.4, -0.2) is 198 Å². The van der Waals surface area contributed by atoms with Gasteiger partial charge in [0.15, 0.2) is 24.7 Å². The largest absolute Gasteiger partial charge is 0.394 e. The number of hydrogen-bond acceptors (Lipinski definition) is 19. The first-order chi connectivity index (χ1) is 30.2. The predicted octanol–water partition coefficient (Wildman–Crippen LogP) is -1.70. The monoisotopic (exact) mass is 916 g/mol. The molecule has 0 aromatic carbocycles. The predicted molar refractivity (Wildman–Crippen MR) is 217 cm³/mol. The molecule has 5 saturated heterocycles. The number of allylic oxidation sites excluding steroid dienone is 1. The molecule has 0 bridgehead atoms. The van der Waals surface area contributed by atoms with Crippen molar-refractivity contribution in [3.8, 4) is 0 Å². The molecule has 366 valence electrons. The maximum absolute atomic E-state index is 12.8. The first-order valence-corrected chi connectivity index (χ1v) is 23.5. The summed E-state index contributed by atoms with van der Waals surface area (Å²) in [6.45, 7) is 9.52. The van der Waals surface area contributed by atoms with Crippen LogP contribution in [0.3, 0.4) is 0 Å². The van der Waals surface area contributed by atoms with Gasteiger partial charge in [-0.05, 0) is 74.5 Å². The van der Waals surface area contributed by atoms with E-state index in [0.29, 0.717) is 18.4 Å². The van der Waals surface area contributed by atoms with Gasteiger partial charge in [0.1, 0.15) is 67.1 Å². The third-order valence-electron chi connectivity index (χ3n) is 17.8. The number of hydrogen-bond donors (Lipinski definition) is 11. The van der Waals surface area contributed by atoms with E-state index in [0.717, 1.165) is 32.1 Å². The molecule has 8 fully saturated rings. The zero-order valence-electron chi connectivity index (χ0n) is 37.3. The zero-order valence-corrected chi connectivity index (χ0v) is 37.3. The second-order valence-electron chi connectivity index (χ2n) is 21.4. The lowest BCUT2D eigenvalue weighted by Gasteiger charge is -2.62. The highest BCUT2D eigenvalue weighted by atomic mass is 16.8. The Kier molecular flexibility index (Phi) is 13.1. The molecule has 11 N–H and O–H groups in total. The van der Waals surface area contributed by atoms with Gasteiger partial charge in [-0.25, -0.2) is 0 Å². The van der Waals surface area contributed by atoms with Crippen LogP contribution >= 0.6 is 0 Å². The molecule has 9 rings (SSSR count). The highest BCUT2D eigenvalue weighted by molar-refractivity contribution is 5.32. The van der Waals surface area contributed by atoms with E-state index in [1.54, 1.807) is 0 Å². The van der Waals surface area contributed by atoms with Crippen molar-refractivity contribution in [1.82, 2.24) is 0 Å². The van der Waals surface area contributed by atoms with Crippen molar-refractivity contribution in [2.45, 2.75) is 208 Å². The fourth-order valence-corrected chi connectivity index (χ4v) is 13.9. The van der Waals surface area contributed by atoms with Gasteiger partial charge in [0.25, 0.3) is 0 Å². The number of fused-ring (bicyclic) bond motifs is 7. The van der Waals surface area contributed by atoms with Gasteiger partial charge >= 0.3 is 0 Å². The molecule has 9 aliphatic rings. The standard InChI is InChI=1S/C45H72O19/c1-18-6-11-45(57-17-18)19(2)29-25(64-45)12-23-21-7-10-44(56)14-26(24(48)13-43(44,5)22(21)8-9-42(23,29)4)59-41-38(63-39-35(54)33(52)30(49)20(3)58-39)37(32(51)28(16-47)61-41)62-40-36(55)34(53)31(50)27(15-46)60-40/h7,18-20,22-41,46-56H,6,8-17H2,1-5H3/t18-,19+,20+,22+,23+,24-,25+,26-,27-,28-,29+,30+,31+,32-,33-,34+,35-,36-,37+,38-,39+,40+,41-,42+,43-,44-,45-/m1/s1. The Balaban J connectivity index is 0.973. The number of ether oxygens (including phenoxy) is 8. The molecule has 19 heteroatoms. The summed E-state index contributed by atoms with van der Waals surface area (Å²) in [6.07, 6.45) is -19.9. The van der Waals surface area contributed by atoms with E-state index in [9.17, 15) is 56.2 Å². The van der Waals surface area contributed by atoms with E-state index < -0.39 is 134 Å². The summed E-state index contributed by atoms with van der Waals surface area (Å²) >= 11 is 0. The van der Waals surface area contributed by atoms with E-state index in [1.165, 1.54) is 12.5 Å². The molecule has 19 nitrogen and oxygen atoms in total. The van der Waals surface area contributed by atoms with E-state index in [1.807, 2.05) is 6.92 Å². The molecular formula is C45H72O19. The molecule has 1 spiro atoms. The van der Waals surface area contributed by atoms with Gasteiger partial charge in [-0.2, -0.15) is 0 Å². The Hall–Kier alpha value is -1.02. The topological polar surface area (TPSA) is 296 Å². The molecule has 27 atom stereocenters. The molecule has 3 saturated carbocycles. The molecule has 0 amide bonds. The molecule has 5 aliphatic heterocycles. The average Bonchev–Trinajstić information content (AvgIpc) is 3.71. The van der Waals surface area contributed by atoms with Gasteiger partial charge < -0.3 is 94.1 Å². The summed E-state index contributed by atoms with van der Waals surface area (Å²) in [4.78, 5) is 0. The Morgan fingerprint density at radius 3 is 2.00 bits per heavy atom. The number of aliphatic hydroxyl groups is 11. The minimum Gasteiger partial charge on any atom is -0.394 e. The van der Waals surface area contributed by atoms with E-state index in [4.69, 9.17) is 37.9 Å². The molecule has 0 aromatic rings. The summed E-state index contributed by atoms with van der Waals surface area (Å²) in [5, 5.41) is 121. The van der Waals surface area contributed by atoms with Crippen LogP contribution < -0.4 is 0 Å². The van der Waals surface area contributed by atoms with Crippen LogP contribution in [0.2, 0.25) is 0 Å². The van der Waals surface area contributed by atoms with E-state index >= 15 is 0 Å². The molecule has 0 unspecified atom stereocenters. The van der Waals surface area contributed by atoms with Gasteiger partial charge in [-0.15, -0.1) is 0 Å². The highest BCUT2D eigenvalue weighted by Crippen LogP contribution is 2.71. The van der Waals surface area contributed by atoms with Crippen molar-refractivity contribution in [1.29, 1.82) is 0 Å². The quantitative estimate of drug-likeness (QED) is 0.121. The third-order valence-corrected chi connectivity index (χ3v) is 17.8. The molecular weight excluding hydrogens is 844 g/mol. The van der Waals surface area contributed by atoms with Crippen LogP contribution in [0.4, 0.5) is 0 Å². The maximum Gasteiger partial charge on any atom is 0.187 e. The van der Waals surface area contributed by atoms with Crippen LogP contribution in [0, 0.1) is 40.4 Å². The van der Waals surface area contributed by atoms with Crippen LogP contribution in [0.1, 0.15) is 86.0 Å². The molecule has 64 heavy (non-hydrogen) atoms. The smallest absolute Gasteiger partial charge is 0.187 e. The van der Waals surface area contributed by atoms with Gasteiger partial charge in [0, 0.05) is 24.2 Å². The van der Waals surface area contributed by atoms with Crippen molar-refractivity contribution < 1.29 is 94.1 Å². The fourth-order valence-electron chi connectivity index (χ4n) is 13.9. The molecule has 5 heterocycles. The summed E-state index contributed by atoms with van der Waals surface area (Å²) in [5.74, 6) is 0.742. The maximum atomic E-state index is 12.8. The Bertz CT molecular complexity index is 1700. The first kappa shape index (κ1) is 48.0. The van der Waals surface area contributed by atoms with Gasteiger partial charge in [-0.1, -0.05) is 39.3 Å². The van der Waals surface area contributed by atoms with Crippen LogP contribution in [0.5, 0.6) is 0 Å². The number of aliphatic hydroxyl groups excluding tert-OH is 10. The van der Waals surface area contributed by atoms with Crippen LogP contribution in [0.15, 0.2) is 11.6 Å². The Labute approximate surface area is 373 Å². The van der Waals surface area contributed by atoms with Crippen molar-refractivity contribution >= 4 is 0 Å². The lowest BCUT2D eigenvalue weighted by atomic mass is 9.45. The zero-order chi connectivity index (χ0) is 46.0. The summed E-state index contributed by atoms with van der Waals surface area (Å²) < 4.78 is 49.6. The fraction of sp³-hybridized carbons (Fsp3) is 0.956. The minimum atomic E-state index is -1.92. The Morgan fingerprint density at radius 1 is 0.688 bits per heavy atom. The van der Waals surface area contributed by atoms with E-state index in [2.05, 4.69) is 26.8 Å². The highest BCUT2D eigenvalue weighted by Gasteiger charge is 2.70.